The number of aliphatic hydroxyl groups excluding tert-OH is 2. The van der Waals surface area contributed by atoms with Crippen molar-refractivity contribution < 1.29 is 14.9 Å². The Morgan fingerprint density at radius 3 is 2.56 bits per heavy atom. The minimum atomic E-state index is -0.464. The molecule has 102 valence electrons. The van der Waals surface area contributed by atoms with Crippen LogP contribution in [-0.2, 0) is 0 Å². The van der Waals surface area contributed by atoms with Gasteiger partial charge in [-0.15, -0.1) is 0 Å². The number of hydrogen-bond donors (Lipinski definition) is 2. The van der Waals surface area contributed by atoms with Crippen LogP contribution < -0.4 is 4.74 Å². The molecule has 0 heterocycles. The largest absolute Gasteiger partial charge is 0.491 e. The minimum absolute atomic E-state index is 0.180. The first-order valence-electron chi connectivity index (χ1n) is 6.63. The molecular formula is C15H24O3. The van der Waals surface area contributed by atoms with Crippen molar-refractivity contribution in [2.45, 2.75) is 45.8 Å². The number of hydrogen-bond acceptors (Lipinski definition) is 3. The zero-order valence-corrected chi connectivity index (χ0v) is 11.5. The molecule has 2 unspecified atom stereocenters. The van der Waals surface area contributed by atoms with Gasteiger partial charge in [0.05, 0.1) is 12.2 Å². The van der Waals surface area contributed by atoms with Gasteiger partial charge in [-0.05, 0) is 30.0 Å². The Bertz CT molecular complexity index is 349. The smallest absolute Gasteiger partial charge is 0.119 e. The summed E-state index contributed by atoms with van der Waals surface area (Å²) in [6, 6.07) is 7.44. The van der Waals surface area contributed by atoms with Crippen LogP contribution in [0.1, 0.15) is 45.3 Å². The predicted molar refractivity (Wildman–Crippen MR) is 72.6 cm³/mol. The minimum Gasteiger partial charge on any atom is -0.491 e. The lowest BCUT2D eigenvalue weighted by atomic mass is 10.1. The summed E-state index contributed by atoms with van der Waals surface area (Å²) in [6.07, 6.45) is 0.791. The lowest BCUT2D eigenvalue weighted by molar-refractivity contribution is 0.0699. The van der Waals surface area contributed by atoms with E-state index >= 15 is 0 Å². The first kappa shape index (κ1) is 15.0. The average molecular weight is 252 g/mol. The molecule has 0 spiro atoms. The quantitative estimate of drug-likeness (QED) is 0.784. The van der Waals surface area contributed by atoms with Crippen LogP contribution in [0.2, 0.25) is 0 Å². The van der Waals surface area contributed by atoms with Crippen LogP contribution in [0, 0.1) is 5.92 Å². The van der Waals surface area contributed by atoms with Crippen LogP contribution in [0.25, 0.3) is 0 Å². The van der Waals surface area contributed by atoms with Crippen LogP contribution in [0.15, 0.2) is 24.3 Å². The van der Waals surface area contributed by atoms with E-state index in [0.717, 1.165) is 18.4 Å². The van der Waals surface area contributed by atoms with Crippen molar-refractivity contribution in [1.82, 2.24) is 0 Å². The molecule has 1 aromatic carbocycles. The van der Waals surface area contributed by atoms with Crippen molar-refractivity contribution in [2.75, 3.05) is 6.61 Å². The van der Waals surface area contributed by atoms with E-state index in [4.69, 9.17) is 4.74 Å². The summed E-state index contributed by atoms with van der Waals surface area (Å²) in [7, 11) is 0. The van der Waals surface area contributed by atoms with Crippen LogP contribution in [0.5, 0.6) is 5.75 Å². The number of ether oxygens (including phenoxy) is 1. The second kappa shape index (κ2) is 7.39. The third-order valence-electron chi connectivity index (χ3n) is 3.00. The Hall–Kier alpha value is -1.06. The molecule has 3 nitrogen and oxygen atoms in total. The Morgan fingerprint density at radius 2 is 1.94 bits per heavy atom. The van der Waals surface area contributed by atoms with Gasteiger partial charge in [0.1, 0.15) is 12.4 Å². The van der Waals surface area contributed by atoms with Crippen molar-refractivity contribution in [3.8, 4) is 5.75 Å². The lowest BCUT2D eigenvalue weighted by Gasteiger charge is -2.16. The van der Waals surface area contributed by atoms with Crippen molar-refractivity contribution >= 4 is 0 Å². The monoisotopic (exact) mass is 252 g/mol. The summed E-state index contributed by atoms with van der Waals surface area (Å²) < 4.78 is 5.54. The van der Waals surface area contributed by atoms with Crippen molar-refractivity contribution in [3.63, 3.8) is 0 Å². The SMILES string of the molecule is CCCC(O)c1cccc(OCC(O)C(C)C)c1. The van der Waals surface area contributed by atoms with Crippen LogP contribution in [-0.4, -0.2) is 22.9 Å². The van der Waals surface area contributed by atoms with Crippen molar-refractivity contribution in [3.05, 3.63) is 29.8 Å². The van der Waals surface area contributed by atoms with Gasteiger partial charge in [-0.1, -0.05) is 39.3 Å². The zero-order valence-electron chi connectivity index (χ0n) is 11.5. The lowest BCUT2D eigenvalue weighted by Crippen LogP contribution is -2.23. The average Bonchev–Trinajstić information content (AvgIpc) is 2.36. The molecule has 0 saturated heterocycles. The van der Waals surface area contributed by atoms with Gasteiger partial charge in [0.15, 0.2) is 0 Å². The number of benzene rings is 1. The maximum absolute atomic E-state index is 9.91. The van der Waals surface area contributed by atoms with Gasteiger partial charge in [0.25, 0.3) is 0 Å². The number of aliphatic hydroxyl groups is 2. The summed E-state index contributed by atoms with van der Waals surface area (Å²) in [6.45, 7) is 6.23. The Morgan fingerprint density at radius 1 is 1.22 bits per heavy atom. The predicted octanol–water partition coefficient (Wildman–Crippen LogP) is 2.92. The Balaban J connectivity index is 2.59. The number of rotatable bonds is 7. The van der Waals surface area contributed by atoms with Gasteiger partial charge in [-0.3, -0.25) is 0 Å². The fraction of sp³-hybridized carbons (Fsp3) is 0.600. The Kier molecular flexibility index (Phi) is 6.16. The first-order valence-corrected chi connectivity index (χ1v) is 6.63. The summed E-state index contributed by atoms with van der Waals surface area (Å²) in [5, 5.41) is 19.6. The van der Waals surface area contributed by atoms with Crippen LogP contribution in [0.3, 0.4) is 0 Å². The fourth-order valence-corrected chi connectivity index (χ4v) is 1.63. The molecule has 0 aliphatic carbocycles. The van der Waals surface area contributed by atoms with E-state index in [0.29, 0.717) is 5.75 Å². The molecule has 2 atom stereocenters. The molecule has 2 N–H and O–H groups in total. The van der Waals surface area contributed by atoms with Gasteiger partial charge in [0.2, 0.25) is 0 Å². The van der Waals surface area contributed by atoms with Gasteiger partial charge >= 0.3 is 0 Å². The van der Waals surface area contributed by atoms with E-state index in [1.54, 1.807) is 0 Å². The summed E-state index contributed by atoms with van der Waals surface area (Å²) in [5.41, 5.74) is 0.869. The highest BCUT2D eigenvalue weighted by Gasteiger charge is 2.11. The molecule has 3 heteroatoms. The van der Waals surface area contributed by atoms with E-state index in [2.05, 4.69) is 0 Å². The molecule has 0 radical (unpaired) electrons. The second-order valence-electron chi connectivity index (χ2n) is 5.00. The maximum Gasteiger partial charge on any atom is 0.119 e. The standard InChI is InChI=1S/C15H24O3/c1-4-6-14(16)12-7-5-8-13(9-12)18-10-15(17)11(2)3/h5,7-9,11,14-17H,4,6,10H2,1-3H3. The molecule has 0 aliphatic rings. The summed E-state index contributed by atoms with van der Waals surface area (Å²) >= 11 is 0. The molecule has 0 fully saturated rings. The van der Waals surface area contributed by atoms with Gasteiger partial charge in [-0.2, -0.15) is 0 Å². The first-order chi connectivity index (χ1) is 8.54. The van der Waals surface area contributed by atoms with E-state index in [9.17, 15) is 10.2 Å². The molecule has 0 aromatic heterocycles. The fourth-order valence-electron chi connectivity index (χ4n) is 1.63. The van der Waals surface area contributed by atoms with E-state index in [1.807, 2.05) is 45.0 Å². The molecule has 0 aliphatic heterocycles. The summed E-state index contributed by atoms with van der Waals surface area (Å²) in [5.74, 6) is 0.876. The normalized spacial score (nSPS) is 14.6. The maximum atomic E-state index is 9.91. The summed E-state index contributed by atoms with van der Waals surface area (Å²) in [4.78, 5) is 0. The topological polar surface area (TPSA) is 49.7 Å². The van der Waals surface area contributed by atoms with Crippen molar-refractivity contribution in [2.24, 2.45) is 5.92 Å². The molecule has 18 heavy (non-hydrogen) atoms. The zero-order chi connectivity index (χ0) is 13.5. The molecular weight excluding hydrogens is 228 g/mol. The molecule has 0 saturated carbocycles. The third-order valence-corrected chi connectivity index (χ3v) is 3.00. The molecule has 0 bridgehead atoms. The second-order valence-corrected chi connectivity index (χ2v) is 5.00. The van der Waals surface area contributed by atoms with Crippen LogP contribution in [0.4, 0.5) is 0 Å². The molecule has 0 amide bonds. The van der Waals surface area contributed by atoms with Gasteiger partial charge in [0, 0.05) is 0 Å². The molecule has 1 aromatic rings. The molecule has 1 rings (SSSR count). The Labute approximate surface area is 109 Å². The van der Waals surface area contributed by atoms with E-state index < -0.39 is 12.2 Å². The highest BCUT2D eigenvalue weighted by Crippen LogP contribution is 2.22. The van der Waals surface area contributed by atoms with E-state index in [1.165, 1.54) is 0 Å². The highest BCUT2D eigenvalue weighted by atomic mass is 16.5. The van der Waals surface area contributed by atoms with Gasteiger partial charge < -0.3 is 14.9 Å². The third kappa shape index (κ3) is 4.67. The van der Waals surface area contributed by atoms with Crippen LogP contribution >= 0.6 is 0 Å². The van der Waals surface area contributed by atoms with Gasteiger partial charge in [-0.25, -0.2) is 0 Å². The highest BCUT2D eigenvalue weighted by molar-refractivity contribution is 5.29. The van der Waals surface area contributed by atoms with E-state index in [-0.39, 0.29) is 12.5 Å². The van der Waals surface area contributed by atoms with Crippen molar-refractivity contribution in [1.29, 1.82) is 0 Å².